The summed E-state index contributed by atoms with van der Waals surface area (Å²) in [7, 11) is 0. The van der Waals surface area contributed by atoms with E-state index < -0.39 is 5.41 Å². The van der Waals surface area contributed by atoms with Crippen molar-refractivity contribution in [3.05, 3.63) is 59.7 Å². The molecule has 0 atom stereocenters. The van der Waals surface area contributed by atoms with Crippen molar-refractivity contribution in [1.29, 1.82) is 0 Å². The summed E-state index contributed by atoms with van der Waals surface area (Å²) in [5, 5.41) is 8.78. The van der Waals surface area contributed by atoms with Crippen LogP contribution in [0.2, 0.25) is 0 Å². The first-order chi connectivity index (χ1) is 12.2. The lowest BCUT2D eigenvalue weighted by Crippen LogP contribution is -2.41. The summed E-state index contributed by atoms with van der Waals surface area (Å²) >= 11 is 5.18. The fourth-order valence-electron chi connectivity index (χ4n) is 2.12. The highest BCUT2D eigenvalue weighted by atomic mass is 32.1. The molecule has 0 saturated heterocycles. The molecule has 0 fully saturated rings. The molecule has 0 bridgehead atoms. The average Bonchev–Trinajstić information content (AvgIpc) is 2.57. The zero-order valence-corrected chi connectivity index (χ0v) is 16.2. The Balaban J connectivity index is 2.02. The Morgan fingerprint density at radius 2 is 1.62 bits per heavy atom. The van der Waals surface area contributed by atoms with E-state index in [1.807, 2.05) is 52.0 Å². The van der Waals surface area contributed by atoms with Crippen LogP contribution in [-0.4, -0.2) is 16.9 Å². The lowest BCUT2D eigenvalue weighted by atomic mass is 9.96. The van der Waals surface area contributed by atoms with Crippen molar-refractivity contribution < 1.29 is 9.59 Å². The molecule has 2 aromatic carbocycles. The van der Waals surface area contributed by atoms with Gasteiger partial charge in [-0.15, -0.1) is 0 Å². The molecular formula is C20H23N3O2S. The molecule has 6 heteroatoms. The molecule has 0 unspecified atom stereocenters. The van der Waals surface area contributed by atoms with Gasteiger partial charge in [0.05, 0.1) is 0 Å². The third kappa shape index (κ3) is 5.39. The fraction of sp³-hybridized carbons (Fsp3) is 0.250. The number of hydrogen-bond acceptors (Lipinski definition) is 3. The number of hydrogen-bond donors (Lipinski definition) is 3. The summed E-state index contributed by atoms with van der Waals surface area (Å²) in [6.45, 7) is 7.35. The summed E-state index contributed by atoms with van der Waals surface area (Å²) in [6.07, 6.45) is 0. The van der Waals surface area contributed by atoms with E-state index >= 15 is 0 Å². The monoisotopic (exact) mass is 369 g/mol. The average molecular weight is 369 g/mol. The molecular weight excluding hydrogens is 346 g/mol. The van der Waals surface area contributed by atoms with Crippen molar-refractivity contribution in [2.24, 2.45) is 5.41 Å². The zero-order chi connectivity index (χ0) is 19.3. The zero-order valence-electron chi connectivity index (χ0n) is 15.3. The minimum absolute atomic E-state index is 0.154. The molecule has 0 aromatic heterocycles. The van der Waals surface area contributed by atoms with E-state index in [0.29, 0.717) is 11.3 Å². The lowest BCUT2D eigenvalue weighted by Gasteiger charge is -2.19. The minimum Gasteiger partial charge on any atom is -0.332 e. The molecule has 2 amide bonds. The maximum absolute atomic E-state index is 12.2. The number of nitrogens with one attached hydrogen (secondary N) is 3. The van der Waals surface area contributed by atoms with E-state index in [1.54, 1.807) is 24.3 Å². The fourth-order valence-corrected chi connectivity index (χ4v) is 2.33. The topological polar surface area (TPSA) is 70.2 Å². The Morgan fingerprint density at radius 1 is 0.962 bits per heavy atom. The highest BCUT2D eigenvalue weighted by Gasteiger charge is 2.22. The standard InChI is InChI=1S/C20H23N3O2S/c1-13-12-15(21-19(26)23-18(25)20(2,3)4)10-11-16(13)22-17(24)14-8-6-5-7-9-14/h5-12H,1-4H3,(H,22,24)(H2,21,23,25,26). The van der Waals surface area contributed by atoms with Crippen molar-refractivity contribution in [2.45, 2.75) is 27.7 Å². The summed E-state index contributed by atoms with van der Waals surface area (Å²) in [5.41, 5.74) is 2.41. The van der Waals surface area contributed by atoms with Gasteiger partial charge in [-0.05, 0) is 55.0 Å². The summed E-state index contributed by atoms with van der Waals surface area (Å²) < 4.78 is 0. The van der Waals surface area contributed by atoms with Crippen molar-refractivity contribution in [2.75, 3.05) is 10.6 Å². The molecule has 136 valence electrons. The summed E-state index contributed by atoms with van der Waals surface area (Å²) in [6, 6.07) is 14.5. The van der Waals surface area contributed by atoms with E-state index in [4.69, 9.17) is 12.2 Å². The van der Waals surface area contributed by atoms with Crippen LogP contribution < -0.4 is 16.0 Å². The van der Waals surface area contributed by atoms with Crippen LogP contribution in [0, 0.1) is 12.3 Å². The molecule has 0 aliphatic heterocycles. The van der Waals surface area contributed by atoms with Gasteiger partial charge in [0.2, 0.25) is 5.91 Å². The van der Waals surface area contributed by atoms with E-state index in [-0.39, 0.29) is 16.9 Å². The van der Waals surface area contributed by atoms with E-state index in [9.17, 15) is 9.59 Å². The maximum Gasteiger partial charge on any atom is 0.255 e. The summed E-state index contributed by atoms with van der Waals surface area (Å²) in [4.78, 5) is 24.2. The van der Waals surface area contributed by atoms with Gasteiger partial charge in [0, 0.05) is 22.4 Å². The van der Waals surface area contributed by atoms with Gasteiger partial charge in [-0.2, -0.15) is 0 Å². The van der Waals surface area contributed by atoms with Crippen LogP contribution in [0.1, 0.15) is 36.7 Å². The Morgan fingerprint density at radius 3 is 2.19 bits per heavy atom. The molecule has 0 radical (unpaired) electrons. The molecule has 5 nitrogen and oxygen atoms in total. The Kier molecular flexibility index (Phi) is 6.10. The van der Waals surface area contributed by atoms with Crippen molar-refractivity contribution >= 4 is 40.5 Å². The molecule has 0 heterocycles. The SMILES string of the molecule is Cc1cc(NC(=S)NC(=O)C(C)(C)C)ccc1NC(=O)c1ccccc1. The molecule has 26 heavy (non-hydrogen) atoms. The molecule has 0 spiro atoms. The van der Waals surface area contributed by atoms with Crippen LogP contribution in [0.15, 0.2) is 48.5 Å². The number of thiocarbonyl (C=S) groups is 1. The Labute approximate surface area is 159 Å². The Hall–Kier alpha value is -2.73. The van der Waals surface area contributed by atoms with Crippen LogP contribution in [-0.2, 0) is 4.79 Å². The number of carbonyl (C=O) groups is 2. The first-order valence-electron chi connectivity index (χ1n) is 8.26. The van der Waals surface area contributed by atoms with Crippen LogP contribution in [0.4, 0.5) is 11.4 Å². The van der Waals surface area contributed by atoms with Gasteiger partial charge in [0.25, 0.3) is 5.91 Å². The predicted octanol–water partition coefficient (Wildman–Crippen LogP) is 4.11. The highest BCUT2D eigenvalue weighted by molar-refractivity contribution is 7.80. The van der Waals surface area contributed by atoms with E-state index in [1.165, 1.54) is 0 Å². The molecule has 0 saturated carbocycles. The van der Waals surface area contributed by atoms with Crippen molar-refractivity contribution in [1.82, 2.24) is 5.32 Å². The number of rotatable bonds is 3. The van der Waals surface area contributed by atoms with Gasteiger partial charge < -0.3 is 16.0 Å². The second-order valence-corrected chi connectivity index (χ2v) is 7.42. The van der Waals surface area contributed by atoms with Gasteiger partial charge in [0.15, 0.2) is 5.11 Å². The number of aryl methyl sites for hydroxylation is 1. The van der Waals surface area contributed by atoms with Crippen LogP contribution >= 0.6 is 12.2 Å². The minimum atomic E-state index is -0.521. The van der Waals surface area contributed by atoms with Gasteiger partial charge in [-0.1, -0.05) is 39.0 Å². The van der Waals surface area contributed by atoms with Gasteiger partial charge >= 0.3 is 0 Å². The molecule has 0 aliphatic carbocycles. The second kappa shape index (κ2) is 8.10. The number of anilines is 2. The third-order valence-corrected chi connectivity index (χ3v) is 3.88. The molecule has 2 aromatic rings. The molecule has 2 rings (SSSR count). The quantitative estimate of drug-likeness (QED) is 0.712. The van der Waals surface area contributed by atoms with Crippen LogP contribution in [0.5, 0.6) is 0 Å². The summed E-state index contributed by atoms with van der Waals surface area (Å²) in [5.74, 6) is -0.319. The highest BCUT2D eigenvalue weighted by Crippen LogP contribution is 2.21. The first-order valence-corrected chi connectivity index (χ1v) is 8.67. The van der Waals surface area contributed by atoms with Crippen molar-refractivity contribution in [3.8, 4) is 0 Å². The number of benzene rings is 2. The third-order valence-electron chi connectivity index (χ3n) is 3.68. The van der Waals surface area contributed by atoms with E-state index in [2.05, 4.69) is 16.0 Å². The lowest BCUT2D eigenvalue weighted by molar-refractivity contribution is -0.126. The van der Waals surface area contributed by atoms with Gasteiger partial charge in [0.1, 0.15) is 0 Å². The molecule has 3 N–H and O–H groups in total. The first kappa shape index (κ1) is 19.6. The normalized spacial score (nSPS) is 10.8. The largest absolute Gasteiger partial charge is 0.332 e. The van der Waals surface area contributed by atoms with Crippen LogP contribution in [0.3, 0.4) is 0 Å². The number of carbonyl (C=O) groups excluding carboxylic acids is 2. The van der Waals surface area contributed by atoms with E-state index in [0.717, 1.165) is 11.3 Å². The van der Waals surface area contributed by atoms with Crippen LogP contribution in [0.25, 0.3) is 0 Å². The maximum atomic E-state index is 12.2. The Bertz CT molecular complexity index is 827. The van der Waals surface area contributed by atoms with Gasteiger partial charge in [-0.3, -0.25) is 9.59 Å². The molecule has 0 aliphatic rings. The van der Waals surface area contributed by atoms with Crippen molar-refractivity contribution in [3.63, 3.8) is 0 Å². The second-order valence-electron chi connectivity index (χ2n) is 7.01. The smallest absolute Gasteiger partial charge is 0.255 e. The predicted molar refractivity (Wildman–Crippen MR) is 109 cm³/mol. The number of amides is 2. The van der Waals surface area contributed by atoms with Gasteiger partial charge in [-0.25, -0.2) is 0 Å².